The number of methoxy groups -OCH3 is 1. The van der Waals surface area contributed by atoms with E-state index >= 15 is 0 Å². The van der Waals surface area contributed by atoms with E-state index in [1.165, 1.54) is 18.2 Å². The lowest BCUT2D eigenvalue weighted by atomic mass is 10.2. The molecule has 102 valence electrons. The van der Waals surface area contributed by atoms with Crippen molar-refractivity contribution in [2.24, 2.45) is 0 Å². The Hall–Kier alpha value is -2.40. The van der Waals surface area contributed by atoms with E-state index in [2.05, 4.69) is 0 Å². The van der Waals surface area contributed by atoms with E-state index in [1.54, 1.807) is 19.3 Å². The summed E-state index contributed by atoms with van der Waals surface area (Å²) in [6.45, 7) is 0. The molecule has 2 aromatic rings. The first kappa shape index (κ1) is 14.0. The first-order valence-corrected chi connectivity index (χ1v) is 6.59. The summed E-state index contributed by atoms with van der Waals surface area (Å²) in [6, 6.07) is 10.1. The number of hydrogen-bond acceptors (Lipinski definition) is 5. The molecule has 0 amide bonds. The fraction of sp³-hybridized carbons (Fsp3) is 0.0667. The molecular weight excluding hydrogens is 276 g/mol. The molecule has 0 atom stereocenters. The third-order valence-electron chi connectivity index (χ3n) is 2.57. The van der Waals surface area contributed by atoms with Crippen molar-refractivity contribution in [2.75, 3.05) is 7.11 Å². The van der Waals surface area contributed by atoms with E-state index in [0.717, 1.165) is 16.9 Å². The Bertz CT molecular complexity index is 670. The number of ketones is 1. The van der Waals surface area contributed by atoms with Gasteiger partial charge >= 0.3 is 0 Å². The SMILES string of the molecule is COc1cccc(/C=C/C(=O)c2ccc(C(=O)[O-])s2)c1. The van der Waals surface area contributed by atoms with Gasteiger partial charge in [0.05, 0.1) is 22.8 Å². The van der Waals surface area contributed by atoms with Crippen molar-refractivity contribution in [3.05, 3.63) is 57.8 Å². The molecule has 0 radical (unpaired) electrons. The van der Waals surface area contributed by atoms with Crippen LogP contribution in [0.1, 0.15) is 24.9 Å². The number of allylic oxidation sites excluding steroid dienone is 1. The molecule has 0 fully saturated rings. The summed E-state index contributed by atoms with van der Waals surface area (Å²) >= 11 is 0.904. The van der Waals surface area contributed by atoms with E-state index in [9.17, 15) is 14.7 Å². The Kier molecular flexibility index (Phi) is 4.32. The number of carboxylic acid groups (broad SMARTS) is 1. The number of carbonyl (C=O) groups is 2. The van der Waals surface area contributed by atoms with Gasteiger partial charge in [-0.1, -0.05) is 18.2 Å². The average molecular weight is 287 g/mol. The minimum absolute atomic E-state index is 0.0446. The standard InChI is InChI=1S/C15H12O4S/c1-19-11-4-2-3-10(9-11)5-6-12(16)13-7-8-14(20-13)15(17)18/h2-9H,1H3,(H,17,18)/p-1/b6-5+. The van der Waals surface area contributed by atoms with Crippen LogP contribution in [0.15, 0.2) is 42.5 Å². The lowest BCUT2D eigenvalue weighted by Gasteiger charge is -1.99. The van der Waals surface area contributed by atoms with Gasteiger partial charge in [-0.25, -0.2) is 0 Å². The van der Waals surface area contributed by atoms with Gasteiger partial charge in [0.15, 0.2) is 5.78 Å². The van der Waals surface area contributed by atoms with Gasteiger partial charge in [-0.05, 0) is 35.9 Å². The topological polar surface area (TPSA) is 66.4 Å². The molecule has 0 aliphatic carbocycles. The monoisotopic (exact) mass is 287 g/mol. The third kappa shape index (κ3) is 3.33. The maximum Gasteiger partial charge on any atom is 0.195 e. The highest BCUT2D eigenvalue weighted by Crippen LogP contribution is 2.18. The lowest BCUT2D eigenvalue weighted by molar-refractivity contribution is -0.254. The summed E-state index contributed by atoms with van der Waals surface area (Å²) < 4.78 is 5.09. The largest absolute Gasteiger partial charge is 0.544 e. The van der Waals surface area contributed by atoms with Crippen LogP contribution in [0, 0.1) is 0 Å². The third-order valence-corrected chi connectivity index (χ3v) is 3.65. The fourth-order valence-corrected chi connectivity index (χ4v) is 2.34. The van der Waals surface area contributed by atoms with Crippen LogP contribution in [0.5, 0.6) is 5.75 Å². The first-order valence-electron chi connectivity index (χ1n) is 5.78. The Morgan fingerprint density at radius 1 is 1.20 bits per heavy atom. The molecule has 1 heterocycles. The molecule has 0 saturated heterocycles. The lowest BCUT2D eigenvalue weighted by Crippen LogP contribution is -2.20. The van der Waals surface area contributed by atoms with Crippen molar-refractivity contribution in [3.8, 4) is 5.75 Å². The van der Waals surface area contributed by atoms with Gasteiger partial charge < -0.3 is 14.6 Å². The number of aromatic carboxylic acids is 1. The van der Waals surface area contributed by atoms with Gasteiger partial charge in [-0.2, -0.15) is 0 Å². The average Bonchev–Trinajstić information content (AvgIpc) is 2.95. The quantitative estimate of drug-likeness (QED) is 0.623. The highest BCUT2D eigenvalue weighted by Gasteiger charge is 2.06. The summed E-state index contributed by atoms with van der Waals surface area (Å²) in [7, 11) is 1.57. The molecule has 0 aliphatic heterocycles. The molecule has 0 saturated carbocycles. The Morgan fingerprint density at radius 3 is 2.60 bits per heavy atom. The molecule has 20 heavy (non-hydrogen) atoms. The molecule has 4 nitrogen and oxygen atoms in total. The fourth-order valence-electron chi connectivity index (χ4n) is 1.58. The number of carbonyl (C=O) groups excluding carboxylic acids is 2. The van der Waals surface area contributed by atoms with Gasteiger partial charge in [0, 0.05) is 0 Å². The zero-order chi connectivity index (χ0) is 14.5. The Labute approximate surface area is 119 Å². The van der Waals surface area contributed by atoms with Crippen LogP contribution >= 0.6 is 11.3 Å². The summed E-state index contributed by atoms with van der Waals surface area (Å²) in [5.41, 5.74) is 0.828. The van der Waals surface area contributed by atoms with Crippen molar-refractivity contribution >= 4 is 29.2 Å². The van der Waals surface area contributed by atoms with Crippen LogP contribution < -0.4 is 9.84 Å². The van der Waals surface area contributed by atoms with Crippen LogP contribution in [0.25, 0.3) is 6.08 Å². The van der Waals surface area contributed by atoms with Gasteiger partial charge in [-0.3, -0.25) is 4.79 Å². The molecule has 1 aromatic carbocycles. The highest BCUT2D eigenvalue weighted by molar-refractivity contribution is 7.16. The summed E-state index contributed by atoms with van der Waals surface area (Å²) in [5.74, 6) is -0.814. The normalized spacial score (nSPS) is 10.7. The Morgan fingerprint density at radius 2 is 1.95 bits per heavy atom. The summed E-state index contributed by atoms with van der Waals surface area (Å²) in [6.07, 6.45) is 3.06. The second-order valence-electron chi connectivity index (χ2n) is 3.93. The van der Waals surface area contributed by atoms with E-state index in [0.29, 0.717) is 10.6 Å². The molecule has 0 aliphatic rings. The summed E-state index contributed by atoms with van der Waals surface area (Å²) in [4.78, 5) is 22.9. The maximum absolute atomic E-state index is 11.9. The minimum atomic E-state index is -1.27. The van der Waals surface area contributed by atoms with Crippen molar-refractivity contribution in [2.45, 2.75) is 0 Å². The molecule has 2 rings (SSSR count). The second kappa shape index (κ2) is 6.16. The molecule has 0 N–H and O–H groups in total. The van der Waals surface area contributed by atoms with Crippen molar-refractivity contribution in [1.82, 2.24) is 0 Å². The number of thiophene rings is 1. The van der Waals surface area contributed by atoms with E-state index in [4.69, 9.17) is 4.74 Å². The molecule has 5 heteroatoms. The van der Waals surface area contributed by atoms with Crippen molar-refractivity contribution < 1.29 is 19.4 Å². The number of ether oxygens (including phenoxy) is 1. The molecule has 1 aromatic heterocycles. The number of benzene rings is 1. The second-order valence-corrected chi connectivity index (χ2v) is 5.01. The van der Waals surface area contributed by atoms with E-state index in [1.807, 2.05) is 18.2 Å². The van der Waals surface area contributed by atoms with Crippen LogP contribution in [0.4, 0.5) is 0 Å². The maximum atomic E-state index is 11.9. The molecule has 0 bridgehead atoms. The predicted octanol–water partition coefficient (Wildman–Crippen LogP) is 2.02. The smallest absolute Gasteiger partial charge is 0.195 e. The predicted molar refractivity (Wildman–Crippen MR) is 75.0 cm³/mol. The number of rotatable bonds is 5. The number of carboxylic acids is 1. The summed E-state index contributed by atoms with van der Waals surface area (Å²) in [5, 5.41) is 10.6. The zero-order valence-corrected chi connectivity index (χ0v) is 11.5. The zero-order valence-electron chi connectivity index (χ0n) is 10.7. The van der Waals surface area contributed by atoms with Crippen LogP contribution in [-0.4, -0.2) is 18.9 Å². The van der Waals surface area contributed by atoms with E-state index in [-0.39, 0.29) is 10.7 Å². The van der Waals surface area contributed by atoms with Gasteiger partial charge in [0.1, 0.15) is 5.75 Å². The van der Waals surface area contributed by atoms with Gasteiger partial charge in [0.2, 0.25) is 0 Å². The van der Waals surface area contributed by atoms with Gasteiger partial charge in [-0.15, -0.1) is 11.3 Å². The van der Waals surface area contributed by atoms with E-state index < -0.39 is 5.97 Å². The van der Waals surface area contributed by atoms with Crippen LogP contribution in [0.2, 0.25) is 0 Å². The van der Waals surface area contributed by atoms with Crippen LogP contribution in [0.3, 0.4) is 0 Å². The molecule has 0 spiro atoms. The molecular formula is C15H11O4S-. The molecule has 0 unspecified atom stereocenters. The first-order chi connectivity index (χ1) is 9.60. The van der Waals surface area contributed by atoms with Crippen LogP contribution in [-0.2, 0) is 0 Å². The Balaban J connectivity index is 2.13. The number of hydrogen-bond donors (Lipinski definition) is 0. The van der Waals surface area contributed by atoms with Gasteiger partial charge in [0.25, 0.3) is 0 Å². The highest BCUT2D eigenvalue weighted by atomic mass is 32.1. The minimum Gasteiger partial charge on any atom is -0.544 e. The van der Waals surface area contributed by atoms with Crippen molar-refractivity contribution in [1.29, 1.82) is 0 Å². The van der Waals surface area contributed by atoms with Crippen molar-refractivity contribution in [3.63, 3.8) is 0 Å².